The van der Waals surface area contributed by atoms with Gasteiger partial charge in [0, 0.05) is 37.7 Å². The number of piperazine rings is 1. The van der Waals surface area contributed by atoms with Gasteiger partial charge in [0.1, 0.15) is 12.1 Å². The second kappa shape index (κ2) is 9.09. The Hall–Kier alpha value is -3.40. The molecule has 2 aliphatic rings. The van der Waals surface area contributed by atoms with Crippen molar-refractivity contribution in [1.29, 1.82) is 0 Å². The standard InChI is InChI=1S/C24H27N5O4S/c1-33-22-8-3-2-7-21(22)27-13-15-28(16-14-27)24(30)19-9-11-20(12-10-19)34(31,32)29-17-25-23(26-29)18-5-4-6-18/h2-3,7-12,17-18H,4-6,13-16H2,1H3. The molecule has 0 spiro atoms. The van der Waals surface area contributed by atoms with Gasteiger partial charge in [0.2, 0.25) is 0 Å². The summed E-state index contributed by atoms with van der Waals surface area (Å²) < 4.78 is 32.2. The van der Waals surface area contributed by atoms with Crippen LogP contribution < -0.4 is 9.64 Å². The second-order valence-electron chi connectivity index (χ2n) is 8.58. The lowest BCUT2D eigenvalue weighted by molar-refractivity contribution is 0.0746. The Morgan fingerprint density at radius 2 is 1.71 bits per heavy atom. The van der Waals surface area contributed by atoms with Crippen LogP contribution in [0.25, 0.3) is 0 Å². The van der Waals surface area contributed by atoms with Crippen molar-refractivity contribution in [3.8, 4) is 5.75 Å². The van der Waals surface area contributed by atoms with Crippen molar-refractivity contribution in [3.05, 3.63) is 66.2 Å². The smallest absolute Gasteiger partial charge is 0.284 e. The van der Waals surface area contributed by atoms with Gasteiger partial charge in [0.25, 0.3) is 15.9 Å². The van der Waals surface area contributed by atoms with Crippen LogP contribution in [-0.2, 0) is 10.0 Å². The highest BCUT2D eigenvalue weighted by molar-refractivity contribution is 7.89. The Morgan fingerprint density at radius 3 is 2.35 bits per heavy atom. The van der Waals surface area contributed by atoms with Crippen molar-refractivity contribution in [2.45, 2.75) is 30.1 Å². The number of carbonyl (C=O) groups excluding carboxylic acids is 1. The van der Waals surface area contributed by atoms with Crippen LogP contribution in [-0.4, -0.2) is 66.7 Å². The minimum absolute atomic E-state index is 0.0788. The van der Waals surface area contributed by atoms with E-state index < -0.39 is 10.0 Å². The Bertz CT molecular complexity index is 1280. The first-order chi connectivity index (χ1) is 16.5. The van der Waals surface area contributed by atoms with E-state index in [0.29, 0.717) is 37.6 Å². The zero-order valence-electron chi connectivity index (χ0n) is 19.0. The number of nitrogens with zero attached hydrogens (tertiary/aromatic N) is 5. The fourth-order valence-corrected chi connectivity index (χ4v) is 5.39. The number of hydrogen-bond donors (Lipinski definition) is 0. The van der Waals surface area contributed by atoms with Gasteiger partial charge in [-0.1, -0.05) is 18.6 Å². The number of para-hydroxylation sites is 2. The van der Waals surface area contributed by atoms with Crippen LogP contribution in [0.5, 0.6) is 5.75 Å². The summed E-state index contributed by atoms with van der Waals surface area (Å²) in [5.41, 5.74) is 1.47. The Kier molecular flexibility index (Phi) is 5.99. The lowest BCUT2D eigenvalue weighted by Crippen LogP contribution is -2.48. The van der Waals surface area contributed by atoms with Gasteiger partial charge in [0.05, 0.1) is 17.7 Å². The highest BCUT2D eigenvalue weighted by atomic mass is 32.2. The summed E-state index contributed by atoms with van der Waals surface area (Å²) in [5.74, 6) is 1.52. The molecule has 1 saturated heterocycles. The predicted octanol–water partition coefficient (Wildman–Crippen LogP) is 2.75. The van der Waals surface area contributed by atoms with E-state index in [1.54, 1.807) is 24.1 Å². The van der Waals surface area contributed by atoms with E-state index in [1.807, 2.05) is 24.3 Å². The largest absolute Gasteiger partial charge is 0.495 e. The highest BCUT2D eigenvalue weighted by Gasteiger charge is 2.27. The summed E-state index contributed by atoms with van der Waals surface area (Å²) >= 11 is 0. The van der Waals surface area contributed by atoms with Crippen LogP contribution in [0.2, 0.25) is 0 Å². The van der Waals surface area contributed by atoms with Gasteiger partial charge in [0.15, 0.2) is 5.82 Å². The summed E-state index contributed by atoms with van der Waals surface area (Å²) in [4.78, 5) is 21.3. The van der Waals surface area contributed by atoms with Crippen molar-refractivity contribution >= 4 is 21.6 Å². The second-order valence-corrected chi connectivity index (χ2v) is 10.4. The Balaban J connectivity index is 1.25. The normalized spacial score (nSPS) is 16.9. The van der Waals surface area contributed by atoms with Crippen molar-refractivity contribution < 1.29 is 17.9 Å². The van der Waals surface area contributed by atoms with Crippen molar-refractivity contribution in [2.75, 3.05) is 38.2 Å². The predicted molar refractivity (Wildman–Crippen MR) is 127 cm³/mol. The maximum Gasteiger partial charge on any atom is 0.284 e. The molecule has 2 heterocycles. The molecular weight excluding hydrogens is 454 g/mol. The molecule has 2 aromatic carbocycles. The molecule has 1 amide bonds. The molecule has 0 atom stereocenters. The number of aromatic nitrogens is 3. The fraction of sp³-hybridized carbons (Fsp3) is 0.375. The Morgan fingerprint density at radius 1 is 1.00 bits per heavy atom. The average Bonchev–Trinajstić information content (AvgIpc) is 3.33. The zero-order chi connectivity index (χ0) is 23.7. The van der Waals surface area contributed by atoms with E-state index in [0.717, 1.165) is 34.8 Å². The van der Waals surface area contributed by atoms with Gasteiger partial charge in [-0.3, -0.25) is 4.79 Å². The van der Waals surface area contributed by atoms with Gasteiger partial charge >= 0.3 is 0 Å². The maximum absolute atomic E-state index is 13.0. The molecule has 2 fully saturated rings. The van der Waals surface area contributed by atoms with Crippen LogP contribution in [0, 0.1) is 0 Å². The quantitative estimate of drug-likeness (QED) is 0.534. The number of amides is 1. The van der Waals surface area contributed by atoms with Crippen molar-refractivity contribution in [1.82, 2.24) is 19.1 Å². The SMILES string of the molecule is COc1ccccc1N1CCN(C(=O)c2ccc(S(=O)(=O)n3cnc(C4CCC4)n3)cc2)CC1. The number of methoxy groups -OCH3 is 1. The molecule has 5 rings (SSSR count). The number of hydrogen-bond acceptors (Lipinski definition) is 7. The molecule has 0 radical (unpaired) electrons. The van der Waals surface area contributed by atoms with Crippen LogP contribution >= 0.6 is 0 Å². The van der Waals surface area contributed by atoms with Crippen molar-refractivity contribution in [3.63, 3.8) is 0 Å². The molecule has 0 N–H and O–H groups in total. The monoisotopic (exact) mass is 481 g/mol. The topological polar surface area (TPSA) is 97.6 Å². The number of rotatable bonds is 6. The third kappa shape index (κ3) is 4.13. The number of benzene rings is 2. The molecule has 1 aromatic heterocycles. The van der Waals surface area contributed by atoms with Crippen LogP contribution in [0.3, 0.4) is 0 Å². The minimum atomic E-state index is -3.85. The fourth-order valence-electron chi connectivity index (χ4n) is 4.33. The summed E-state index contributed by atoms with van der Waals surface area (Å²) in [6, 6.07) is 13.9. The van der Waals surface area contributed by atoms with Crippen molar-refractivity contribution in [2.24, 2.45) is 0 Å². The summed E-state index contributed by atoms with van der Waals surface area (Å²) in [6.45, 7) is 2.52. The van der Waals surface area contributed by atoms with E-state index in [1.165, 1.54) is 18.5 Å². The Labute approximate surface area is 199 Å². The van der Waals surface area contributed by atoms with Crippen LogP contribution in [0.4, 0.5) is 5.69 Å². The third-order valence-corrected chi connectivity index (χ3v) is 8.13. The molecule has 9 nitrogen and oxygen atoms in total. The molecule has 178 valence electrons. The molecule has 3 aromatic rings. The summed E-state index contributed by atoms with van der Waals surface area (Å²) in [6.07, 6.45) is 4.36. The molecule has 0 unspecified atom stereocenters. The molecule has 10 heteroatoms. The lowest BCUT2D eigenvalue weighted by Gasteiger charge is -2.36. The summed E-state index contributed by atoms with van der Waals surface area (Å²) in [5, 5.41) is 4.18. The van der Waals surface area contributed by atoms with E-state index >= 15 is 0 Å². The molecule has 34 heavy (non-hydrogen) atoms. The number of ether oxygens (including phenoxy) is 1. The minimum Gasteiger partial charge on any atom is -0.495 e. The van der Waals surface area contributed by atoms with Crippen LogP contribution in [0.1, 0.15) is 41.4 Å². The molecule has 0 bridgehead atoms. The number of anilines is 1. The van der Waals surface area contributed by atoms with Gasteiger partial charge in [-0.2, -0.15) is 8.42 Å². The van der Waals surface area contributed by atoms with E-state index in [9.17, 15) is 13.2 Å². The van der Waals surface area contributed by atoms with Gasteiger partial charge in [-0.15, -0.1) is 9.19 Å². The first-order valence-electron chi connectivity index (χ1n) is 11.4. The lowest BCUT2D eigenvalue weighted by atomic mass is 9.85. The first kappa shape index (κ1) is 22.4. The zero-order valence-corrected chi connectivity index (χ0v) is 19.8. The van der Waals surface area contributed by atoms with E-state index in [4.69, 9.17) is 4.74 Å². The van der Waals surface area contributed by atoms with E-state index in [2.05, 4.69) is 15.0 Å². The molecular formula is C24H27N5O4S. The third-order valence-electron chi connectivity index (χ3n) is 6.60. The van der Waals surface area contributed by atoms with E-state index in [-0.39, 0.29) is 16.7 Å². The molecule has 1 aliphatic heterocycles. The number of carbonyl (C=O) groups is 1. The van der Waals surface area contributed by atoms with Crippen LogP contribution in [0.15, 0.2) is 59.8 Å². The summed E-state index contributed by atoms with van der Waals surface area (Å²) in [7, 11) is -2.20. The van der Waals surface area contributed by atoms with Gasteiger partial charge in [-0.25, -0.2) is 4.98 Å². The average molecular weight is 482 g/mol. The first-order valence-corrected chi connectivity index (χ1v) is 12.9. The molecule has 1 saturated carbocycles. The van der Waals surface area contributed by atoms with Gasteiger partial charge in [-0.05, 0) is 49.2 Å². The van der Waals surface area contributed by atoms with Gasteiger partial charge < -0.3 is 14.5 Å². The highest BCUT2D eigenvalue weighted by Crippen LogP contribution is 2.34. The maximum atomic E-state index is 13.0. The molecule has 1 aliphatic carbocycles.